The number of aliphatic carboxylic acids is 1. The topological polar surface area (TPSA) is 78.9 Å². The summed E-state index contributed by atoms with van der Waals surface area (Å²) in [6.07, 6.45) is -0.182. The van der Waals surface area contributed by atoms with Crippen LogP contribution >= 0.6 is 0 Å². The summed E-state index contributed by atoms with van der Waals surface area (Å²) in [5, 5.41) is 11.5. The van der Waals surface area contributed by atoms with E-state index < -0.39 is 18.2 Å². The second-order valence-electron chi connectivity index (χ2n) is 4.70. The van der Waals surface area contributed by atoms with Crippen molar-refractivity contribution in [2.75, 3.05) is 0 Å². The van der Waals surface area contributed by atoms with Crippen LogP contribution in [0.3, 0.4) is 0 Å². The Bertz CT molecular complexity index is 488. The van der Waals surface area contributed by atoms with Gasteiger partial charge in [-0.2, -0.15) is 0 Å². The first-order valence-electron chi connectivity index (χ1n) is 5.90. The molecule has 18 heavy (non-hydrogen) atoms. The highest BCUT2D eigenvalue weighted by molar-refractivity contribution is 5.92. The molecule has 5 nitrogen and oxygen atoms in total. The number of epoxide rings is 1. The molecule has 0 radical (unpaired) electrons. The van der Waals surface area contributed by atoms with E-state index in [9.17, 15) is 9.59 Å². The SMILES string of the molecule is O=C(O)C1OC1C(=O)NC1Cc2ccccc2C1. The summed E-state index contributed by atoms with van der Waals surface area (Å²) in [6.45, 7) is 0. The average molecular weight is 247 g/mol. The van der Waals surface area contributed by atoms with Crippen molar-refractivity contribution < 1.29 is 19.4 Å². The standard InChI is InChI=1S/C13H13NO4/c15-12(10-11(18-10)13(16)17)14-9-5-7-3-1-2-4-8(7)6-9/h1-4,9-11H,5-6H2,(H,14,15)(H,16,17). The highest BCUT2D eigenvalue weighted by atomic mass is 16.6. The molecule has 2 aliphatic rings. The summed E-state index contributed by atoms with van der Waals surface area (Å²) >= 11 is 0. The van der Waals surface area contributed by atoms with Crippen LogP contribution in [0.5, 0.6) is 0 Å². The van der Waals surface area contributed by atoms with Gasteiger partial charge in [0.25, 0.3) is 5.91 Å². The van der Waals surface area contributed by atoms with Crippen LogP contribution in [-0.4, -0.2) is 35.2 Å². The number of ether oxygens (including phenoxy) is 1. The fraction of sp³-hybridized carbons (Fsp3) is 0.385. The third-order valence-corrected chi connectivity index (χ3v) is 3.39. The highest BCUT2D eigenvalue weighted by Crippen LogP contribution is 2.25. The molecular weight excluding hydrogens is 234 g/mol. The van der Waals surface area contributed by atoms with Crippen molar-refractivity contribution >= 4 is 11.9 Å². The third-order valence-electron chi connectivity index (χ3n) is 3.39. The number of benzene rings is 1. The molecule has 0 saturated carbocycles. The summed E-state index contributed by atoms with van der Waals surface area (Å²) in [4.78, 5) is 22.3. The Hall–Kier alpha value is -1.88. The van der Waals surface area contributed by atoms with Gasteiger partial charge in [-0.25, -0.2) is 4.79 Å². The van der Waals surface area contributed by atoms with Gasteiger partial charge in [0.1, 0.15) is 0 Å². The van der Waals surface area contributed by atoms with E-state index in [0.29, 0.717) is 0 Å². The van der Waals surface area contributed by atoms with Crippen LogP contribution in [0.2, 0.25) is 0 Å². The Labute approximate surface area is 104 Å². The molecule has 3 rings (SSSR count). The summed E-state index contributed by atoms with van der Waals surface area (Å²) in [5.41, 5.74) is 2.49. The quantitative estimate of drug-likeness (QED) is 0.744. The molecule has 2 N–H and O–H groups in total. The zero-order chi connectivity index (χ0) is 12.7. The first-order chi connectivity index (χ1) is 8.65. The number of hydrogen-bond donors (Lipinski definition) is 2. The maximum Gasteiger partial charge on any atom is 0.336 e. The predicted octanol–water partition coefficient (Wildman–Crippen LogP) is 0.122. The summed E-state index contributed by atoms with van der Waals surface area (Å²) < 4.78 is 4.82. The second kappa shape index (κ2) is 4.10. The number of hydrogen-bond acceptors (Lipinski definition) is 3. The van der Waals surface area contributed by atoms with Crippen molar-refractivity contribution in [2.45, 2.75) is 31.1 Å². The molecule has 1 heterocycles. The second-order valence-corrected chi connectivity index (χ2v) is 4.70. The van der Waals surface area contributed by atoms with Gasteiger partial charge in [0.2, 0.25) is 0 Å². The van der Waals surface area contributed by atoms with E-state index in [1.807, 2.05) is 12.1 Å². The summed E-state index contributed by atoms with van der Waals surface area (Å²) in [5.74, 6) is -1.40. The lowest BCUT2D eigenvalue weighted by atomic mass is 10.1. The Morgan fingerprint density at radius 3 is 2.28 bits per heavy atom. The van der Waals surface area contributed by atoms with Crippen molar-refractivity contribution in [3.05, 3.63) is 35.4 Å². The largest absolute Gasteiger partial charge is 0.479 e. The number of fused-ring (bicyclic) bond motifs is 1. The molecule has 2 unspecified atom stereocenters. The Morgan fingerprint density at radius 2 is 1.78 bits per heavy atom. The van der Waals surface area contributed by atoms with Crippen molar-refractivity contribution in [1.29, 1.82) is 0 Å². The van der Waals surface area contributed by atoms with Gasteiger partial charge in [0.15, 0.2) is 12.2 Å². The van der Waals surface area contributed by atoms with Crippen molar-refractivity contribution in [1.82, 2.24) is 5.32 Å². The molecule has 0 bridgehead atoms. The van der Waals surface area contributed by atoms with Crippen LogP contribution in [-0.2, 0) is 27.2 Å². The normalized spacial score (nSPS) is 25.6. The molecule has 5 heteroatoms. The fourth-order valence-electron chi connectivity index (χ4n) is 2.44. The van der Waals surface area contributed by atoms with Crippen molar-refractivity contribution in [3.8, 4) is 0 Å². The van der Waals surface area contributed by atoms with Gasteiger partial charge in [0, 0.05) is 6.04 Å². The van der Waals surface area contributed by atoms with E-state index in [0.717, 1.165) is 12.8 Å². The molecular formula is C13H13NO4. The number of carboxylic acid groups (broad SMARTS) is 1. The van der Waals surface area contributed by atoms with Crippen LogP contribution in [0, 0.1) is 0 Å². The molecule has 0 spiro atoms. The monoisotopic (exact) mass is 247 g/mol. The molecule has 94 valence electrons. The molecule has 1 fully saturated rings. The van der Waals surface area contributed by atoms with Gasteiger partial charge in [0.05, 0.1) is 0 Å². The van der Waals surface area contributed by atoms with Gasteiger partial charge in [-0.1, -0.05) is 24.3 Å². The number of carboxylic acids is 1. The van der Waals surface area contributed by atoms with Crippen LogP contribution in [0.4, 0.5) is 0 Å². The van der Waals surface area contributed by atoms with Gasteiger partial charge >= 0.3 is 5.97 Å². The maximum atomic E-state index is 11.7. The summed E-state index contributed by atoms with van der Waals surface area (Å²) in [7, 11) is 0. The van der Waals surface area contributed by atoms with Crippen molar-refractivity contribution in [3.63, 3.8) is 0 Å². The Kier molecular flexibility index (Phi) is 2.56. The lowest BCUT2D eigenvalue weighted by Gasteiger charge is -2.10. The number of amides is 1. The lowest BCUT2D eigenvalue weighted by molar-refractivity contribution is -0.138. The molecule has 0 aromatic heterocycles. The van der Waals surface area contributed by atoms with Gasteiger partial charge in [-0.3, -0.25) is 4.79 Å². The first kappa shape index (κ1) is 11.2. The van der Waals surface area contributed by atoms with Crippen molar-refractivity contribution in [2.24, 2.45) is 0 Å². The number of carbonyl (C=O) groups is 2. The minimum atomic E-state index is -1.08. The average Bonchev–Trinajstić information content (AvgIpc) is 3.04. The zero-order valence-corrected chi connectivity index (χ0v) is 9.63. The van der Waals surface area contributed by atoms with E-state index in [1.165, 1.54) is 11.1 Å². The third kappa shape index (κ3) is 1.97. The van der Waals surface area contributed by atoms with E-state index >= 15 is 0 Å². The number of nitrogens with one attached hydrogen (secondary N) is 1. The Morgan fingerprint density at radius 1 is 1.17 bits per heavy atom. The van der Waals surface area contributed by atoms with Crippen LogP contribution < -0.4 is 5.32 Å². The lowest BCUT2D eigenvalue weighted by Crippen LogP contribution is -2.39. The molecule has 1 aliphatic heterocycles. The number of rotatable bonds is 3. The van der Waals surface area contributed by atoms with Gasteiger partial charge < -0.3 is 15.2 Å². The highest BCUT2D eigenvalue weighted by Gasteiger charge is 2.51. The van der Waals surface area contributed by atoms with Crippen LogP contribution in [0.25, 0.3) is 0 Å². The van der Waals surface area contributed by atoms with E-state index in [2.05, 4.69) is 17.4 Å². The first-order valence-corrected chi connectivity index (χ1v) is 5.90. The van der Waals surface area contributed by atoms with E-state index in [-0.39, 0.29) is 11.9 Å². The smallest absolute Gasteiger partial charge is 0.336 e. The van der Waals surface area contributed by atoms with Crippen LogP contribution in [0.15, 0.2) is 24.3 Å². The zero-order valence-electron chi connectivity index (χ0n) is 9.63. The molecule has 1 saturated heterocycles. The molecule has 1 aliphatic carbocycles. The predicted molar refractivity (Wildman–Crippen MR) is 62.1 cm³/mol. The van der Waals surface area contributed by atoms with Gasteiger partial charge in [-0.05, 0) is 24.0 Å². The molecule has 1 aromatic carbocycles. The van der Waals surface area contributed by atoms with E-state index in [4.69, 9.17) is 9.84 Å². The number of carbonyl (C=O) groups excluding carboxylic acids is 1. The maximum absolute atomic E-state index is 11.7. The fourth-order valence-corrected chi connectivity index (χ4v) is 2.44. The van der Waals surface area contributed by atoms with Crippen LogP contribution in [0.1, 0.15) is 11.1 Å². The van der Waals surface area contributed by atoms with Gasteiger partial charge in [-0.15, -0.1) is 0 Å². The summed E-state index contributed by atoms with van der Waals surface area (Å²) in [6, 6.07) is 8.11. The van der Waals surface area contributed by atoms with E-state index in [1.54, 1.807) is 0 Å². The minimum absolute atomic E-state index is 0.0496. The molecule has 1 amide bonds. The molecule has 2 atom stereocenters. The molecule has 1 aromatic rings. The Balaban J connectivity index is 1.57. The minimum Gasteiger partial charge on any atom is -0.479 e.